The van der Waals surface area contributed by atoms with E-state index < -0.39 is 0 Å². The summed E-state index contributed by atoms with van der Waals surface area (Å²) < 4.78 is 10.8. The van der Waals surface area contributed by atoms with E-state index in [9.17, 15) is 0 Å². The van der Waals surface area contributed by atoms with Gasteiger partial charge in [-0.25, -0.2) is 0 Å². The molecule has 16 heavy (non-hydrogen) atoms. The maximum atomic E-state index is 5.40. The highest BCUT2D eigenvalue weighted by Gasteiger charge is 2.00. The van der Waals surface area contributed by atoms with Crippen LogP contribution in [0.5, 0.6) is 0 Å². The van der Waals surface area contributed by atoms with E-state index in [-0.39, 0.29) is 6.29 Å². The first kappa shape index (κ1) is 15.4. The van der Waals surface area contributed by atoms with Gasteiger partial charge in [0.25, 0.3) is 0 Å². The third-order valence-corrected chi connectivity index (χ3v) is 2.08. The summed E-state index contributed by atoms with van der Waals surface area (Å²) >= 11 is 0. The van der Waals surface area contributed by atoms with Crippen LogP contribution in [-0.4, -0.2) is 19.5 Å². The maximum Gasteiger partial charge on any atom is 0.176 e. The molecule has 0 amide bonds. The molecule has 0 heterocycles. The van der Waals surface area contributed by atoms with Gasteiger partial charge < -0.3 is 9.47 Å². The second-order valence-electron chi connectivity index (χ2n) is 3.54. The van der Waals surface area contributed by atoms with Crippen molar-refractivity contribution in [3.05, 3.63) is 24.3 Å². The Balaban J connectivity index is 3.61. The van der Waals surface area contributed by atoms with Crippen molar-refractivity contribution in [2.75, 3.05) is 13.2 Å². The molecular formula is C14H26O2. The molecule has 0 aliphatic rings. The molecule has 0 rings (SSSR count). The van der Waals surface area contributed by atoms with E-state index in [4.69, 9.17) is 9.47 Å². The SMILES string of the molecule is CCC/C=C/CC/C=C\C(OCC)OCC. The predicted molar refractivity (Wildman–Crippen MR) is 69.5 cm³/mol. The van der Waals surface area contributed by atoms with Crippen LogP contribution in [0.25, 0.3) is 0 Å². The number of hydrogen-bond acceptors (Lipinski definition) is 2. The van der Waals surface area contributed by atoms with Crippen LogP contribution >= 0.6 is 0 Å². The molecule has 0 bridgehead atoms. The predicted octanol–water partition coefficient (Wildman–Crippen LogP) is 4.08. The Bertz CT molecular complexity index is 179. The summed E-state index contributed by atoms with van der Waals surface area (Å²) in [7, 11) is 0. The third-order valence-electron chi connectivity index (χ3n) is 2.08. The minimum absolute atomic E-state index is 0.172. The van der Waals surface area contributed by atoms with Gasteiger partial charge in [0, 0.05) is 13.2 Å². The Morgan fingerprint density at radius 1 is 0.812 bits per heavy atom. The molecule has 0 aromatic carbocycles. The number of ether oxygens (including phenoxy) is 2. The first-order chi connectivity index (χ1) is 7.85. The van der Waals surface area contributed by atoms with E-state index in [1.54, 1.807) is 0 Å². The van der Waals surface area contributed by atoms with Crippen molar-refractivity contribution in [3.63, 3.8) is 0 Å². The fourth-order valence-corrected chi connectivity index (χ4v) is 1.29. The topological polar surface area (TPSA) is 18.5 Å². The molecule has 0 unspecified atom stereocenters. The molecule has 0 aliphatic heterocycles. The largest absolute Gasteiger partial charge is 0.349 e. The summed E-state index contributed by atoms with van der Waals surface area (Å²) in [6.45, 7) is 7.52. The smallest absolute Gasteiger partial charge is 0.176 e. The van der Waals surface area contributed by atoms with E-state index in [0.29, 0.717) is 13.2 Å². The highest BCUT2D eigenvalue weighted by Crippen LogP contribution is 2.01. The molecule has 0 aliphatic carbocycles. The van der Waals surface area contributed by atoms with E-state index in [0.717, 1.165) is 12.8 Å². The number of allylic oxidation sites excluding steroid dienone is 3. The van der Waals surface area contributed by atoms with Crippen molar-refractivity contribution in [2.45, 2.75) is 52.7 Å². The molecule has 2 nitrogen and oxygen atoms in total. The van der Waals surface area contributed by atoms with Crippen LogP contribution in [0.15, 0.2) is 24.3 Å². The van der Waals surface area contributed by atoms with Crippen molar-refractivity contribution in [1.29, 1.82) is 0 Å². The average molecular weight is 226 g/mol. The van der Waals surface area contributed by atoms with Gasteiger partial charge in [0.05, 0.1) is 0 Å². The van der Waals surface area contributed by atoms with Gasteiger partial charge in [-0.05, 0) is 39.2 Å². The lowest BCUT2D eigenvalue weighted by atomic mass is 10.2. The van der Waals surface area contributed by atoms with Crippen molar-refractivity contribution in [3.8, 4) is 0 Å². The molecule has 0 saturated heterocycles. The Hall–Kier alpha value is -0.600. The summed E-state index contributed by atoms with van der Waals surface area (Å²) in [6.07, 6.45) is 13.0. The Morgan fingerprint density at radius 3 is 1.94 bits per heavy atom. The summed E-state index contributed by atoms with van der Waals surface area (Å²) in [6, 6.07) is 0. The molecule has 0 fully saturated rings. The lowest BCUT2D eigenvalue weighted by molar-refractivity contribution is -0.104. The Kier molecular flexibility index (Phi) is 12.0. The highest BCUT2D eigenvalue weighted by atomic mass is 16.7. The van der Waals surface area contributed by atoms with Gasteiger partial charge in [-0.1, -0.05) is 31.6 Å². The second-order valence-corrected chi connectivity index (χ2v) is 3.54. The molecule has 0 atom stereocenters. The molecule has 0 radical (unpaired) electrons. The molecule has 0 saturated carbocycles. The molecule has 0 spiro atoms. The van der Waals surface area contributed by atoms with Gasteiger partial charge >= 0.3 is 0 Å². The summed E-state index contributed by atoms with van der Waals surface area (Å²) in [5, 5.41) is 0. The Labute approximate surface area is 100 Å². The number of hydrogen-bond donors (Lipinski definition) is 0. The van der Waals surface area contributed by atoms with Crippen molar-refractivity contribution in [2.24, 2.45) is 0 Å². The summed E-state index contributed by atoms with van der Waals surface area (Å²) in [5.74, 6) is 0. The Morgan fingerprint density at radius 2 is 1.38 bits per heavy atom. The van der Waals surface area contributed by atoms with Gasteiger partial charge in [0.15, 0.2) is 6.29 Å². The van der Waals surface area contributed by atoms with Crippen molar-refractivity contribution >= 4 is 0 Å². The molecule has 0 N–H and O–H groups in total. The standard InChI is InChI=1S/C14H26O2/c1-4-7-8-9-10-11-12-13-14(15-5-2)16-6-3/h8-9,12-14H,4-7,10-11H2,1-3H3/b9-8+,13-12-. The fraction of sp³-hybridized carbons (Fsp3) is 0.714. The zero-order valence-electron chi connectivity index (χ0n) is 10.9. The quantitative estimate of drug-likeness (QED) is 0.317. The molecular weight excluding hydrogens is 200 g/mol. The van der Waals surface area contributed by atoms with Gasteiger partial charge in [0.2, 0.25) is 0 Å². The lowest BCUT2D eigenvalue weighted by Gasteiger charge is -2.12. The first-order valence-electron chi connectivity index (χ1n) is 6.39. The van der Waals surface area contributed by atoms with Crippen LogP contribution in [0.3, 0.4) is 0 Å². The van der Waals surface area contributed by atoms with Crippen molar-refractivity contribution in [1.82, 2.24) is 0 Å². The maximum absolute atomic E-state index is 5.40. The lowest BCUT2D eigenvalue weighted by Crippen LogP contribution is -2.13. The molecule has 2 heteroatoms. The van der Waals surface area contributed by atoms with E-state index in [2.05, 4.69) is 25.2 Å². The molecule has 0 aromatic rings. The van der Waals surface area contributed by atoms with Crippen LogP contribution in [0.2, 0.25) is 0 Å². The molecule has 94 valence electrons. The van der Waals surface area contributed by atoms with Crippen molar-refractivity contribution < 1.29 is 9.47 Å². The van der Waals surface area contributed by atoms with Gasteiger partial charge in [-0.15, -0.1) is 0 Å². The van der Waals surface area contributed by atoms with Crippen LogP contribution in [0.4, 0.5) is 0 Å². The van der Waals surface area contributed by atoms with Crippen LogP contribution in [-0.2, 0) is 9.47 Å². The number of rotatable bonds is 10. The molecule has 0 aromatic heterocycles. The summed E-state index contributed by atoms with van der Waals surface area (Å²) in [5.41, 5.74) is 0. The highest BCUT2D eigenvalue weighted by molar-refractivity contribution is 4.89. The van der Waals surface area contributed by atoms with E-state index in [1.165, 1.54) is 12.8 Å². The number of unbranched alkanes of at least 4 members (excludes halogenated alkanes) is 2. The van der Waals surface area contributed by atoms with Crippen LogP contribution in [0.1, 0.15) is 46.5 Å². The zero-order chi connectivity index (χ0) is 12.1. The monoisotopic (exact) mass is 226 g/mol. The normalized spacial score (nSPS) is 12.2. The van der Waals surface area contributed by atoms with Crippen LogP contribution in [0, 0.1) is 0 Å². The minimum Gasteiger partial charge on any atom is -0.349 e. The van der Waals surface area contributed by atoms with Gasteiger partial charge in [-0.3, -0.25) is 0 Å². The third kappa shape index (κ3) is 9.94. The fourth-order valence-electron chi connectivity index (χ4n) is 1.29. The van der Waals surface area contributed by atoms with E-state index in [1.807, 2.05) is 19.9 Å². The van der Waals surface area contributed by atoms with E-state index >= 15 is 0 Å². The minimum atomic E-state index is -0.172. The summed E-state index contributed by atoms with van der Waals surface area (Å²) in [4.78, 5) is 0. The first-order valence-corrected chi connectivity index (χ1v) is 6.39. The zero-order valence-corrected chi connectivity index (χ0v) is 10.9. The van der Waals surface area contributed by atoms with Gasteiger partial charge in [-0.2, -0.15) is 0 Å². The van der Waals surface area contributed by atoms with Gasteiger partial charge in [0.1, 0.15) is 0 Å². The second kappa shape index (κ2) is 12.5. The van der Waals surface area contributed by atoms with Crippen LogP contribution < -0.4 is 0 Å². The average Bonchev–Trinajstić information content (AvgIpc) is 2.28.